The molecule has 1 atom stereocenters. The summed E-state index contributed by atoms with van der Waals surface area (Å²) in [6.07, 6.45) is 3.16. The number of amides is 1. The molecule has 8 heteroatoms. The Hall–Kier alpha value is -2.48. The third-order valence-electron chi connectivity index (χ3n) is 5.09. The molecule has 1 saturated heterocycles. The van der Waals surface area contributed by atoms with Gasteiger partial charge in [-0.3, -0.25) is 14.2 Å². The van der Waals surface area contributed by atoms with Crippen molar-refractivity contribution in [3.05, 3.63) is 45.9 Å². The summed E-state index contributed by atoms with van der Waals surface area (Å²) in [4.78, 5) is 31.9. The lowest BCUT2D eigenvalue weighted by molar-refractivity contribution is 0.0732. The molecule has 7 nitrogen and oxygen atoms in total. The monoisotopic (exact) mass is 387 g/mol. The second kappa shape index (κ2) is 7.26. The maximum atomic E-state index is 13.1. The molecule has 0 bridgehead atoms. The van der Waals surface area contributed by atoms with Crippen LogP contribution in [0, 0.1) is 0 Å². The minimum atomic E-state index is -0.253. The lowest BCUT2D eigenvalue weighted by Gasteiger charge is -2.25. The molecule has 2 aliphatic rings. The largest absolute Gasteiger partial charge is 0.493 e. The van der Waals surface area contributed by atoms with Crippen LogP contribution in [0.25, 0.3) is 0 Å². The highest BCUT2D eigenvalue weighted by Crippen LogP contribution is 2.37. The number of likely N-dealkylation sites (tertiary alicyclic amines) is 1. The Kier molecular flexibility index (Phi) is 4.82. The highest BCUT2D eigenvalue weighted by Gasteiger charge is 2.33. The van der Waals surface area contributed by atoms with Gasteiger partial charge in [-0.1, -0.05) is 17.8 Å². The third kappa shape index (κ3) is 3.07. The number of hydrogen-bond donors (Lipinski definition) is 0. The number of ether oxygens (including phenoxy) is 2. The zero-order chi connectivity index (χ0) is 19.0. The van der Waals surface area contributed by atoms with Crippen molar-refractivity contribution in [2.24, 2.45) is 0 Å². The lowest BCUT2D eigenvalue weighted by atomic mass is 10.0. The number of aromatic nitrogens is 2. The van der Waals surface area contributed by atoms with Crippen molar-refractivity contribution in [2.45, 2.75) is 30.6 Å². The number of thioether (sulfide) groups is 1. The SMILES string of the molecule is COc1ccc(C2CCCN2C(=O)c2cnc3n(c2=O)CCS3)cc1OC. The first kappa shape index (κ1) is 17.9. The molecule has 1 aromatic heterocycles. The predicted octanol–water partition coefficient (Wildman–Crippen LogP) is 2.34. The number of carbonyl (C=O) groups is 1. The molecule has 4 rings (SSSR count). The quantitative estimate of drug-likeness (QED) is 0.750. The van der Waals surface area contributed by atoms with Crippen LogP contribution in [0.1, 0.15) is 34.8 Å². The fourth-order valence-electron chi connectivity index (χ4n) is 3.74. The molecule has 27 heavy (non-hydrogen) atoms. The van der Waals surface area contributed by atoms with Crippen LogP contribution in [-0.4, -0.2) is 46.9 Å². The first-order valence-electron chi connectivity index (χ1n) is 8.89. The van der Waals surface area contributed by atoms with Gasteiger partial charge in [0.25, 0.3) is 11.5 Å². The average molecular weight is 387 g/mol. The first-order chi connectivity index (χ1) is 13.1. The second-order valence-electron chi connectivity index (χ2n) is 6.53. The van der Waals surface area contributed by atoms with E-state index in [1.54, 1.807) is 35.4 Å². The smallest absolute Gasteiger partial charge is 0.267 e. The average Bonchev–Trinajstić information content (AvgIpc) is 3.37. The Morgan fingerprint density at radius 1 is 1.22 bits per heavy atom. The van der Waals surface area contributed by atoms with Gasteiger partial charge in [-0.15, -0.1) is 0 Å². The van der Waals surface area contributed by atoms with E-state index in [9.17, 15) is 9.59 Å². The lowest BCUT2D eigenvalue weighted by Crippen LogP contribution is -2.36. The Labute approximate surface area is 161 Å². The molecule has 0 N–H and O–H groups in total. The normalized spacial score (nSPS) is 18.4. The Morgan fingerprint density at radius 2 is 2.04 bits per heavy atom. The number of methoxy groups -OCH3 is 2. The van der Waals surface area contributed by atoms with Crippen molar-refractivity contribution < 1.29 is 14.3 Å². The fraction of sp³-hybridized carbons (Fsp3) is 0.421. The van der Waals surface area contributed by atoms with Crippen LogP contribution in [0.3, 0.4) is 0 Å². The van der Waals surface area contributed by atoms with Gasteiger partial charge in [0.15, 0.2) is 16.7 Å². The summed E-state index contributed by atoms with van der Waals surface area (Å²) in [7, 11) is 3.18. The van der Waals surface area contributed by atoms with Crippen molar-refractivity contribution in [1.82, 2.24) is 14.5 Å². The van der Waals surface area contributed by atoms with E-state index in [-0.39, 0.29) is 23.1 Å². The Morgan fingerprint density at radius 3 is 2.81 bits per heavy atom. The molecule has 0 spiro atoms. The summed E-state index contributed by atoms with van der Waals surface area (Å²) in [5.41, 5.74) is 0.880. The highest BCUT2D eigenvalue weighted by molar-refractivity contribution is 7.99. The molecule has 0 saturated carbocycles. The van der Waals surface area contributed by atoms with E-state index in [4.69, 9.17) is 9.47 Å². The molecule has 1 fully saturated rings. The van der Waals surface area contributed by atoms with Crippen LogP contribution in [-0.2, 0) is 6.54 Å². The zero-order valence-corrected chi connectivity index (χ0v) is 16.1. The number of rotatable bonds is 4. The number of nitrogens with zero attached hydrogens (tertiary/aromatic N) is 3. The van der Waals surface area contributed by atoms with Crippen LogP contribution < -0.4 is 15.0 Å². The molecule has 0 radical (unpaired) electrons. The van der Waals surface area contributed by atoms with Crippen LogP contribution in [0.5, 0.6) is 11.5 Å². The summed E-state index contributed by atoms with van der Waals surface area (Å²) in [6.45, 7) is 1.22. The van der Waals surface area contributed by atoms with Gasteiger partial charge in [-0.2, -0.15) is 0 Å². The van der Waals surface area contributed by atoms with E-state index in [0.717, 1.165) is 24.2 Å². The van der Waals surface area contributed by atoms with Gasteiger partial charge in [0, 0.05) is 25.0 Å². The van der Waals surface area contributed by atoms with E-state index in [1.807, 2.05) is 18.2 Å². The zero-order valence-electron chi connectivity index (χ0n) is 15.3. The maximum Gasteiger partial charge on any atom is 0.267 e. The Bertz CT molecular complexity index is 943. The fourth-order valence-corrected chi connectivity index (χ4v) is 4.65. The van der Waals surface area contributed by atoms with Gasteiger partial charge in [0.1, 0.15) is 5.56 Å². The van der Waals surface area contributed by atoms with E-state index < -0.39 is 0 Å². The van der Waals surface area contributed by atoms with Crippen LogP contribution in [0.2, 0.25) is 0 Å². The van der Waals surface area contributed by atoms with E-state index >= 15 is 0 Å². The van der Waals surface area contributed by atoms with Crippen LogP contribution >= 0.6 is 11.8 Å². The minimum Gasteiger partial charge on any atom is -0.493 e. The first-order valence-corrected chi connectivity index (χ1v) is 9.88. The summed E-state index contributed by atoms with van der Waals surface area (Å²) in [5.74, 6) is 1.84. The molecule has 1 unspecified atom stereocenters. The number of fused-ring (bicyclic) bond motifs is 1. The maximum absolute atomic E-state index is 13.1. The molecule has 1 aromatic carbocycles. The molecule has 2 aromatic rings. The summed E-state index contributed by atoms with van der Waals surface area (Å²) in [5, 5.41) is 0.689. The Balaban J connectivity index is 1.66. The van der Waals surface area contributed by atoms with Gasteiger partial charge in [-0.05, 0) is 30.5 Å². The van der Waals surface area contributed by atoms with E-state index in [0.29, 0.717) is 29.7 Å². The van der Waals surface area contributed by atoms with Crippen molar-refractivity contribution in [3.8, 4) is 11.5 Å². The predicted molar refractivity (Wildman–Crippen MR) is 102 cm³/mol. The standard InChI is InChI=1S/C19H21N3O4S/c1-25-15-6-5-12(10-16(15)26-2)14-4-3-7-21(14)17(23)13-11-20-19-22(18(13)24)8-9-27-19/h5-6,10-11,14H,3-4,7-9H2,1-2H3. The van der Waals surface area contributed by atoms with Crippen molar-refractivity contribution in [2.75, 3.05) is 26.5 Å². The molecule has 3 heterocycles. The van der Waals surface area contributed by atoms with Crippen molar-refractivity contribution in [1.29, 1.82) is 0 Å². The van der Waals surface area contributed by atoms with Gasteiger partial charge in [-0.25, -0.2) is 4.98 Å². The second-order valence-corrected chi connectivity index (χ2v) is 7.59. The highest BCUT2D eigenvalue weighted by atomic mass is 32.2. The number of carbonyl (C=O) groups excluding carboxylic acids is 1. The molecule has 142 valence electrons. The van der Waals surface area contributed by atoms with Crippen molar-refractivity contribution in [3.63, 3.8) is 0 Å². The van der Waals surface area contributed by atoms with Crippen molar-refractivity contribution >= 4 is 17.7 Å². The molecule has 0 aliphatic carbocycles. The summed E-state index contributed by atoms with van der Waals surface area (Å²) in [6, 6.07) is 5.60. The van der Waals surface area contributed by atoms with Gasteiger partial charge in [0.2, 0.25) is 0 Å². The summed E-state index contributed by atoms with van der Waals surface area (Å²) < 4.78 is 12.3. The van der Waals surface area contributed by atoms with Gasteiger partial charge >= 0.3 is 0 Å². The topological polar surface area (TPSA) is 73.7 Å². The number of hydrogen-bond acceptors (Lipinski definition) is 6. The molecular formula is C19H21N3O4S. The van der Waals surface area contributed by atoms with E-state index in [1.165, 1.54) is 6.20 Å². The molecular weight excluding hydrogens is 366 g/mol. The minimum absolute atomic E-state index is 0.0932. The summed E-state index contributed by atoms with van der Waals surface area (Å²) >= 11 is 1.54. The number of benzene rings is 1. The van der Waals surface area contributed by atoms with Crippen LogP contribution in [0.4, 0.5) is 0 Å². The van der Waals surface area contributed by atoms with Crippen LogP contribution in [0.15, 0.2) is 34.3 Å². The van der Waals surface area contributed by atoms with Gasteiger partial charge in [0.05, 0.1) is 20.3 Å². The third-order valence-corrected chi connectivity index (χ3v) is 6.06. The van der Waals surface area contributed by atoms with E-state index in [2.05, 4.69) is 4.98 Å². The van der Waals surface area contributed by atoms with Gasteiger partial charge < -0.3 is 14.4 Å². The molecule has 1 amide bonds. The molecule has 2 aliphatic heterocycles.